The lowest BCUT2D eigenvalue weighted by atomic mass is 10.0. The molecule has 1 amide bonds. The van der Waals surface area contributed by atoms with Gasteiger partial charge in [0.15, 0.2) is 0 Å². The summed E-state index contributed by atoms with van der Waals surface area (Å²) in [6.45, 7) is 3.93. The van der Waals surface area contributed by atoms with E-state index >= 15 is 4.39 Å². The van der Waals surface area contributed by atoms with E-state index in [1.54, 1.807) is 6.92 Å². The lowest BCUT2D eigenvalue weighted by molar-refractivity contribution is 0.0229. The molecule has 2 atom stereocenters. The first-order valence-corrected chi connectivity index (χ1v) is 12.7. The van der Waals surface area contributed by atoms with Crippen LogP contribution in [0, 0.1) is 11.6 Å². The standard InChI is InChI=1S/C27H32F6N4O/c1-15-13-27(32,33)14-37(15)23-11-20(22(12-21(23)28)35-17-7-9-36(3)10-8-17)26(38)34-16(2)18-5-4-6-19(24(18)29)25(30)31/h4-6,11-12,15-17,25,35H,7-10,13-14H2,1-3H3,(H,34,38)/t15-,16-/m1/s1. The Morgan fingerprint density at radius 1 is 1.11 bits per heavy atom. The van der Waals surface area contributed by atoms with Crippen LogP contribution in [0.25, 0.3) is 0 Å². The minimum atomic E-state index is -3.02. The Kier molecular flexibility index (Phi) is 8.15. The number of nitrogens with one attached hydrogen (secondary N) is 2. The number of rotatable bonds is 7. The van der Waals surface area contributed by atoms with Crippen LogP contribution in [0.1, 0.15) is 67.1 Å². The molecule has 2 aromatic carbocycles. The highest BCUT2D eigenvalue weighted by atomic mass is 19.3. The number of likely N-dealkylation sites (tertiary alicyclic amines) is 1. The quantitative estimate of drug-likeness (QED) is 0.413. The number of hydrogen-bond acceptors (Lipinski definition) is 4. The minimum Gasteiger partial charge on any atom is -0.381 e. The van der Waals surface area contributed by atoms with Gasteiger partial charge in [-0.05, 0) is 59.0 Å². The minimum absolute atomic E-state index is 0.0000155. The summed E-state index contributed by atoms with van der Waals surface area (Å²) < 4.78 is 84.5. The van der Waals surface area contributed by atoms with Crippen molar-refractivity contribution in [1.29, 1.82) is 0 Å². The zero-order valence-corrected chi connectivity index (χ0v) is 21.5. The average Bonchev–Trinajstić information content (AvgIpc) is 3.12. The van der Waals surface area contributed by atoms with Crippen molar-refractivity contribution in [3.05, 3.63) is 58.7 Å². The fraction of sp³-hybridized carbons (Fsp3) is 0.519. The summed E-state index contributed by atoms with van der Waals surface area (Å²) >= 11 is 0. The third-order valence-corrected chi connectivity index (χ3v) is 7.35. The first-order valence-electron chi connectivity index (χ1n) is 12.7. The Balaban J connectivity index is 1.66. The number of nitrogens with zero attached hydrogens (tertiary/aromatic N) is 2. The Morgan fingerprint density at radius 3 is 2.37 bits per heavy atom. The highest BCUT2D eigenvalue weighted by molar-refractivity contribution is 6.01. The maximum absolute atomic E-state index is 15.3. The molecule has 0 spiro atoms. The average molecular weight is 543 g/mol. The molecule has 2 aliphatic heterocycles. The van der Waals surface area contributed by atoms with Crippen molar-refractivity contribution in [2.24, 2.45) is 0 Å². The zero-order valence-electron chi connectivity index (χ0n) is 21.5. The third-order valence-electron chi connectivity index (χ3n) is 7.35. The molecule has 2 aliphatic rings. The van der Waals surface area contributed by atoms with Crippen LogP contribution in [0.2, 0.25) is 0 Å². The van der Waals surface area contributed by atoms with E-state index in [1.807, 2.05) is 7.05 Å². The van der Waals surface area contributed by atoms with Gasteiger partial charge in [0.1, 0.15) is 11.6 Å². The normalized spacial score (nSPS) is 21.1. The summed E-state index contributed by atoms with van der Waals surface area (Å²) in [7, 11) is 1.99. The zero-order chi connectivity index (χ0) is 27.8. The summed E-state index contributed by atoms with van der Waals surface area (Å²) in [6.07, 6.45) is -1.97. The van der Waals surface area contributed by atoms with Gasteiger partial charge in [-0.25, -0.2) is 26.3 Å². The molecule has 2 saturated heterocycles. The Labute approximate surface area is 218 Å². The Morgan fingerprint density at radius 2 is 1.76 bits per heavy atom. The van der Waals surface area contributed by atoms with Crippen LogP contribution >= 0.6 is 0 Å². The Bertz CT molecular complexity index is 1170. The van der Waals surface area contributed by atoms with Crippen molar-refractivity contribution in [3.8, 4) is 0 Å². The van der Waals surface area contributed by atoms with Crippen molar-refractivity contribution in [2.75, 3.05) is 36.9 Å². The number of carbonyl (C=O) groups excluding carboxylic acids is 1. The van der Waals surface area contributed by atoms with Crippen LogP contribution in [0.4, 0.5) is 37.7 Å². The van der Waals surface area contributed by atoms with Crippen LogP contribution in [-0.2, 0) is 0 Å². The highest BCUT2D eigenvalue weighted by Crippen LogP contribution is 2.38. The lowest BCUT2D eigenvalue weighted by Crippen LogP contribution is -2.37. The number of benzene rings is 2. The van der Waals surface area contributed by atoms with Gasteiger partial charge in [-0.3, -0.25) is 4.79 Å². The van der Waals surface area contributed by atoms with Crippen LogP contribution in [-0.4, -0.2) is 55.5 Å². The Hall–Kier alpha value is -2.95. The molecule has 2 fully saturated rings. The van der Waals surface area contributed by atoms with Gasteiger partial charge >= 0.3 is 0 Å². The largest absolute Gasteiger partial charge is 0.381 e. The molecule has 5 nitrogen and oxygen atoms in total. The fourth-order valence-electron chi connectivity index (χ4n) is 5.22. The van der Waals surface area contributed by atoms with Gasteiger partial charge < -0.3 is 20.4 Å². The summed E-state index contributed by atoms with van der Waals surface area (Å²) in [4.78, 5) is 16.8. The number of amides is 1. The monoisotopic (exact) mass is 542 g/mol. The molecule has 0 unspecified atom stereocenters. The summed E-state index contributed by atoms with van der Waals surface area (Å²) in [6, 6.07) is 4.22. The molecular formula is C27H32F6N4O. The number of piperidine rings is 1. The van der Waals surface area contributed by atoms with Crippen LogP contribution in [0.5, 0.6) is 0 Å². The number of hydrogen-bond donors (Lipinski definition) is 2. The van der Waals surface area contributed by atoms with Crippen LogP contribution < -0.4 is 15.5 Å². The highest BCUT2D eigenvalue weighted by Gasteiger charge is 2.44. The van der Waals surface area contributed by atoms with Crippen LogP contribution in [0.3, 0.4) is 0 Å². The van der Waals surface area contributed by atoms with E-state index in [9.17, 15) is 26.7 Å². The topological polar surface area (TPSA) is 47.6 Å². The molecule has 208 valence electrons. The number of anilines is 2. The first-order chi connectivity index (χ1) is 17.9. The second kappa shape index (κ2) is 11.0. The fourth-order valence-corrected chi connectivity index (χ4v) is 5.22. The second-order valence-electron chi connectivity index (χ2n) is 10.4. The first kappa shape index (κ1) is 28.1. The van der Waals surface area contributed by atoms with E-state index in [4.69, 9.17) is 0 Å². The molecule has 0 aromatic heterocycles. The third kappa shape index (κ3) is 6.03. The molecular weight excluding hydrogens is 510 g/mol. The van der Waals surface area contributed by atoms with Crippen molar-refractivity contribution in [1.82, 2.24) is 10.2 Å². The lowest BCUT2D eigenvalue weighted by Gasteiger charge is -2.31. The van der Waals surface area contributed by atoms with Crippen molar-refractivity contribution >= 4 is 17.3 Å². The molecule has 4 rings (SSSR count). The van der Waals surface area contributed by atoms with E-state index in [2.05, 4.69) is 15.5 Å². The van der Waals surface area contributed by atoms with Crippen LogP contribution in [0.15, 0.2) is 30.3 Å². The maximum Gasteiger partial charge on any atom is 0.267 e. The van der Waals surface area contributed by atoms with E-state index < -0.39 is 60.5 Å². The molecule has 2 N–H and O–H groups in total. The number of alkyl halides is 4. The van der Waals surface area contributed by atoms with Gasteiger partial charge in [0.25, 0.3) is 18.3 Å². The molecule has 0 radical (unpaired) electrons. The van der Waals surface area contributed by atoms with E-state index in [0.29, 0.717) is 0 Å². The van der Waals surface area contributed by atoms with Crippen molar-refractivity contribution in [3.63, 3.8) is 0 Å². The number of halogens is 6. The molecule has 2 aromatic rings. The predicted octanol–water partition coefficient (Wildman–Crippen LogP) is 6.13. The molecule has 2 heterocycles. The molecule has 0 aliphatic carbocycles. The van der Waals surface area contributed by atoms with Gasteiger partial charge in [0.05, 0.1) is 35.1 Å². The second-order valence-corrected chi connectivity index (χ2v) is 10.4. The molecule has 0 saturated carbocycles. The summed E-state index contributed by atoms with van der Waals surface area (Å²) in [5.74, 6) is -5.58. The SMILES string of the molecule is C[C@@H]1CC(F)(F)CN1c1cc(C(=O)N[C@H](C)c2cccc(C(F)F)c2F)c(NC2CCN(C)CC2)cc1F. The van der Waals surface area contributed by atoms with Crippen molar-refractivity contribution in [2.45, 2.75) is 63.6 Å². The van der Waals surface area contributed by atoms with E-state index in [-0.39, 0.29) is 28.5 Å². The summed E-state index contributed by atoms with van der Waals surface area (Å²) in [5.41, 5.74) is -0.851. The van der Waals surface area contributed by atoms with Gasteiger partial charge in [-0.15, -0.1) is 0 Å². The predicted molar refractivity (Wildman–Crippen MR) is 134 cm³/mol. The molecule has 11 heteroatoms. The maximum atomic E-state index is 15.3. The van der Waals surface area contributed by atoms with Gasteiger partial charge in [0, 0.05) is 24.1 Å². The van der Waals surface area contributed by atoms with E-state index in [0.717, 1.165) is 38.1 Å². The number of carbonyl (C=O) groups is 1. The van der Waals surface area contributed by atoms with E-state index in [1.165, 1.54) is 30.0 Å². The smallest absolute Gasteiger partial charge is 0.267 e. The molecule has 0 bridgehead atoms. The van der Waals surface area contributed by atoms with Crippen molar-refractivity contribution < 1.29 is 31.1 Å². The van der Waals surface area contributed by atoms with Gasteiger partial charge in [-0.1, -0.05) is 18.2 Å². The van der Waals surface area contributed by atoms with Gasteiger partial charge in [0.2, 0.25) is 0 Å². The van der Waals surface area contributed by atoms with Gasteiger partial charge in [-0.2, -0.15) is 0 Å². The molecule has 38 heavy (non-hydrogen) atoms. The summed E-state index contributed by atoms with van der Waals surface area (Å²) in [5, 5.41) is 5.83.